The van der Waals surface area contributed by atoms with Crippen LogP contribution >= 0.6 is 0 Å². The Hall–Kier alpha value is -3.24. The zero-order chi connectivity index (χ0) is 27.1. The third-order valence-electron chi connectivity index (χ3n) is 5.59. The van der Waals surface area contributed by atoms with E-state index in [1.165, 1.54) is 0 Å². The highest BCUT2D eigenvalue weighted by atomic mass is 32.2. The Bertz CT molecular complexity index is 1220. The molecule has 0 fully saturated rings. The molecular weight excluding hydrogens is 506 g/mol. The van der Waals surface area contributed by atoms with Gasteiger partial charge in [0.2, 0.25) is 0 Å². The highest BCUT2D eigenvalue weighted by Crippen LogP contribution is 2.22. The Kier molecular flexibility index (Phi) is 12.3. The largest absolute Gasteiger partial charge is 0.374 e. The molecule has 3 rings (SSSR count). The molecule has 0 aliphatic carbocycles. The lowest BCUT2D eigenvalue weighted by Gasteiger charge is -2.33. The highest BCUT2D eigenvalue weighted by molar-refractivity contribution is 7.86. The molecular formula is C28H33N3O6S. The predicted octanol–water partition coefficient (Wildman–Crippen LogP) is 5.42. The van der Waals surface area contributed by atoms with Gasteiger partial charge in [-0.15, -0.1) is 0 Å². The summed E-state index contributed by atoms with van der Waals surface area (Å²) in [6.45, 7) is 0.792. The number of benzene rings is 3. The summed E-state index contributed by atoms with van der Waals surface area (Å²) in [5, 5.41) is 3.66. The summed E-state index contributed by atoms with van der Waals surface area (Å²) in [5.74, 6) is 0. The molecule has 10 heteroatoms. The van der Waals surface area contributed by atoms with E-state index in [4.69, 9.17) is 23.9 Å². The van der Waals surface area contributed by atoms with E-state index in [2.05, 4.69) is 10.0 Å². The van der Waals surface area contributed by atoms with Crippen LogP contribution in [-0.4, -0.2) is 46.1 Å². The number of rotatable bonds is 17. The van der Waals surface area contributed by atoms with E-state index in [-0.39, 0.29) is 33.0 Å². The van der Waals surface area contributed by atoms with Gasteiger partial charge in [0, 0.05) is 11.5 Å². The minimum Gasteiger partial charge on any atom is -0.374 e. The molecule has 0 aliphatic rings. The first kappa shape index (κ1) is 29.3. The Balaban J connectivity index is 1.85. The van der Waals surface area contributed by atoms with Crippen molar-refractivity contribution in [3.8, 4) is 0 Å². The van der Waals surface area contributed by atoms with Crippen LogP contribution in [0, 0.1) is 0 Å². The normalized spacial score (nSPS) is 13.8. The van der Waals surface area contributed by atoms with Crippen molar-refractivity contribution in [2.75, 3.05) is 19.4 Å². The summed E-state index contributed by atoms with van der Waals surface area (Å²) in [5.41, 5.74) is 11.6. The third-order valence-corrected chi connectivity index (χ3v) is 6.19. The van der Waals surface area contributed by atoms with Gasteiger partial charge in [-0.1, -0.05) is 96.1 Å². The van der Waals surface area contributed by atoms with E-state index in [1.54, 1.807) is 0 Å². The van der Waals surface area contributed by atoms with E-state index in [0.717, 1.165) is 22.9 Å². The SMILES string of the molecule is CS(=O)(=O)O[C@H](COCc1ccccc1)[C@H](OCc1ccccc1)[C@@H](CCN=[N+]=[N-])OCc1ccccc1. The zero-order valence-corrected chi connectivity index (χ0v) is 22.2. The fraction of sp³-hybridized carbons (Fsp3) is 0.357. The second-order valence-corrected chi connectivity index (χ2v) is 10.3. The molecule has 0 aliphatic heterocycles. The first-order chi connectivity index (χ1) is 18.4. The fourth-order valence-corrected chi connectivity index (χ4v) is 4.45. The maximum atomic E-state index is 12.3. The summed E-state index contributed by atoms with van der Waals surface area (Å²) in [4.78, 5) is 2.84. The molecule has 3 aromatic rings. The zero-order valence-electron chi connectivity index (χ0n) is 21.3. The van der Waals surface area contributed by atoms with Crippen LogP contribution in [0.2, 0.25) is 0 Å². The molecule has 0 heterocycles. The molecule has 202 valence electrons. The van der Waals surface area contributed by atoms with Crippen molar-refractivity contribution in [2.24, 2.45) is 5.11 Å². The molecule has 0 saturated heterocycles. The van der Waals surface area contributed by atoms with E-state index in [9.17, 15) is 8.42 Å². The number of nitrogens with zero attached hydrogens (tertiary/aromatic N) is 3. The summed E-state index contributed by atoms with van der Waals surface area (Å²) in [7, 11) is -3.87. The average molecular weight is 540 g/mol. The minimum atomic E-state index is -3.87. The van der Waals surface area contributed by atoms with Crippen LogP contribution in [0.5, 0.6) is 0 Å². The topological polar surface area (TPSA) is 120 Å². The maximum absolute atomic E-state index is 12.3. The van der Waals surface area contributed by atoms with Gasteiger partial charge in [-0.05, 0) is 28.6 Å². The summed E-state index contributed by atoms with van der Waals surface area (Å²) in [6, 6.07) is 28.6. The molecule has 9 nitrogen and oxygen atoms in total. The standard InChI is InChI=1S/C28H33N3O6S/c1-38(32,33)37-27(22-34-19-23-11-5-2-6-12-23)28(36-21-25-15-9-4-10-16-25)26(17-18-30-31-29)35-20-24-13-7-3-8-14-24/h2-16,26-28H,17-22H2,1H3/t26-,27-,28-/m1/s1. The molecule has 0 spiro atoms. The molecule has 3 aromatic carbocycles. The minimum absolute atomic E-state index is 0.0614. The van der Waals surface area contributed by atoms with Crippen LogP contribution in [0.4, 0.5) is 0 Å². The Labute approximate surface area is 224 Å². The van der Waals surface area contributed by atoms with Gasteiger partial charge in [0.15, 0.2) is 0 Å². The van der Waals surface area contributed by atoms with Crippen molar-refractivity contribution in [2.45, 2.75) is 44.6 Å². The van der Waals surface area contributed by atoms with E-state index < -0.39 is 28.4 Å². The second-order valence-electron chi connectivity index (χ2n) is 8.68. The number of hydrogen-bond acceptors (Lipinski definition) is 7. The van der Waals surface area contributed by atoms with Gasteiger partial charge in [-0.3, -0.25) is 4.18 Å². The molecule has 0 aromatic heterocycles. The lowest BCUT2D eigenvalue weighted by Crippen LogP contribution is -2.46. The third kappa shape index (κ3) is 11.0. The molecule has 0 bridgehead atoms. The van der Waals surface area contributed by atoms with Crippen LogP contribution in [0.1, 0.15) is 23.1 Å². The molecule has 38 heavy (non-hydrogen) atoms. The van der Waals surface area contributed by atoms with Gasteiger partial charge in [-0.25, -0.2) is 0 Å². The Morgan fingerprint density at radius 3 is 1.76 bits per heavy atom. The van der Waals surface area contributed by atoms with Gasteiger partial charge in [-0.2, -0.15) is 8.42 Å². The van der Waals surface area contributed by atoms with Gasteiger partial charge in [0.25, 0.3) is 10.1 Å². The number of ether oxygens (including phenoxy) is 3. The van der Waals surface area contributed by atoms with E-state index >= 15 is 0 Å². The summed E-state index contributed by atoms with van der Waals surface area (Å²) in [6.07, 6.45) is -1.23. The maximum Gasteiger partial charge on any atom is 0.264 e. The van der Waals surface area contributed by atoms with Gasteiger partial charge >= 0.3 is 0 Å². The number of azide groups is 1. The Morgan fingerprint density at radius 2 is 1.26 bits per heavy atom. The molecule has 0 unspecified atom stereocenters. The van der Waals surface area contributed by atoms with Crippen LogP contribution in [0.25, 0.3) is 10.4 Å². The van der Waals surface area contributed by atoms with E-state index in [0.29, 0.717) is 6.42 Å². The van der Waals surface area contributed by atoms with Crippen molar-refractivity contribution < 1.29 is 26.8 Å². The monoisotopic (exact) mass is 539 g/mol. The van der Waals surface area contributed by atoms with Gasteiger partial charge in [0.05, 0.1) is 38.8 Å². The smallest absolute Gasteiger partial charge is 0.264 e. The average Bonchev–Trinajstić information content (AvgIpc) is 2.92. The van der Waals surface area contributed by atoms with Crippen molar-refractivity contribution in [1.29, 1.82) is 0 Å². The Morgan fingerprint density at radius 1 is 0.763 bits per heavy atom. The van der Waals surface area contributed by atoms with Crippen molar-refractivity contribution >= 4 is 10.1 Å². The fourth-order valence-electron chi connectivity index (χ4n) is 3.84. The van der Waals surface area contributed by atoms with Crippen LogP contribution in [-0.2, 0) is 48.3 Å². The molecule has 0 N–H and O–H groups in total. The number of hydrogen-bond donors (Lipinski definition) is 0. The highest BCUT2D eigenvalue weighted by Gasteiger charge is 2.35. The summed E-state index contributed by atoms with van der Waals surface area (Å²) >= 11 is 0. The first-order valence-corrected chi connectivity index (χ1v) is 14.1. The van der Waals surface area contributed by atoms with Crippen molar-refractivity contribution in [3.05, 3.63) is 118 Å². The van der Waals surface area contributed by atoms with Crippen molar-refractivity contribution in [3.63, 3.8) is 0 Å². The molecule has 3 atom stereocenters. The second kappa shape index (κ2) is 15.9. The molecule has 0 saturated carbocycles. The van der Waals surface area contributed by atoms with Crippen LogP contribution in [0.3, 0.4) is 0 Å². The van der Waals surface area contributed by atoms with Gasteiger partial charge < -0.3 is 14.2 Å². The van der Waals surface area contributed by atoms with Crippen LogP contribution < -0.4 is 0 Å². The lowest BCUT2D eigenvalue weighted by molar-refractivity contribution is -0.140. The van der Waals surface area contributed by atoms with Crippen LogP contribution in [0.15, 0.2) is 96.1 Å². The van der Waals surface area contributed by atoms with E-state index in [1.807, 2.05) is 91.0 Å². The van der Waals surface area contributed by atoms with Crippen molar-refractivity contribution in [1.82, 2.24) is 0 Å². The lowest BCUT2D eigenvalue weighted by atomic mass is 10.0. The molecule has 0 radical (unpaired) electrons. The predicted molar refractivity (Wildman–Crippen MR) is 144 cm³/mol. The quantitative estimate of drug-likeness (QED) is 0.0978. The van der Waals surface area contributed by atoms with Gasteiger partial charge in [0.1, 0.15) is 12.2 Å². The molecule has 0 amide bonds. The summed E-state index contributed by atoms with van der Waals surface area (Å²) < 4.78 is 48.5. The first-order valence-electron chi connectivity index (χ1n) is 12.3.